The minimum absolute atomic E-state index is 0.471. The van der Waals surface area contributed by atoms with E-state index in [0.29, 0.717) is 12.2 Å². The third-order valence-corrected chi connectivity index (χ3v) is 3.48. The highest BCUT2D eigenvalue weighted by molar-refractivity contribution is 5.85. The summed E-state index contributed by atoms with van der Waals surface area (Å²) in [5, 5.41) is 2.79. The van der Waals surface area contributed by atoms with Crippen LogP contribution in [0.3, 0.4) is 0 Å². The molecule has 2 aromatic heterocycles. The summed E-state index contributed by atoms with van der Waals surface area (Å²) in [4.78, 5) is 22.6. The number of nitrogens with one attached hydrogen (secondary N) is 1. The van der Waals surface area contributed by atoms with E-state index < -0.39 is 11.7 Å². The van der Waals surface area contributed by atoms with Crippen LogP contribution < -0.4 is 5.32 Å². The van der Waals surface area contributed by atoms with E-state index in [1.165, 1.54) is 5.56 Å². The number of rotatable bonds is 6. The fraction of sp³-hybridized carbons (Fsp3) is 0.421. The minimum atomic E-state index is -0.534. The van der Waals surface area contributed by atoms with Crippen LogP contribution in [0.15, 0.2) is 42.9 Å². The largest absolute Gasteiger partial charge is 0.444 e. The maximum absolute atomic E-state index is 12.0. The molecule has 6 nitrogen and oxygen atoms in total. The van der Waals surface area contributed by atoms with Gasteiger partial charge in [-0.1, -0.05) is 0 Å². The number of amides is 1. The Hall–Kier alpha value is -2.47. The summed E-state index contributed by atoms with van der Waals surface area (Å²) in [5.74, 6) is 0. The molecule has 1 N–H and O–H groups in total. The van der Waals surface area contributed by atoms with Crippen molar-refractivity contribution in [1.82, 2.24) is 14.9 Å². The lowest BCUT2D eigenvalue weighted by Crippen LogP contribution is -2.28. The molecule has 0 saturated carbocycles. The quantitative estimate of drug-likeness (QED) is 0.870. The lowest BCUT2D eigenvalue weighted by molar-refractivity contribution is 0.0635. The van der Waals surface area contributed by atoms with E-state index in [-0.39, 0.29) is 0 Å². The second kappa shape index (κ2) is 8.58. The Balaban J connectivity index is 1.94. The van der Waals surface area contributed by atoms with Crippen molar-refractivity contribution >= 4 is 11.8 Å². The molecular formula is C19H26N4O2. The van der Waals surface area contributed by atoms with E-state index in [1.54, 1.807) is 24.7 Å². The van der Waals surface area contributed by atoms with Gasteiger partial charge < -0.3 is 9.64 Å². The van der Waals surface area contributed by atoms with Gasteiger partial charge >= 0.3 is 6.09 Å². The van der Waals surface area contributed by atoms with E-state index in [2.05, 4.69) is 20.2 Å². The molecule has 1 amide bonds. The fourth-order valence-electron chi connectivity index (χ4n) is 2.30. The van der Waals surface area contributed by atoms with Crippen LogP contribution in [0.5, 0.6) is 0 Å². The molecule has 0 fully saturated rings. The van der Waals surface area contributed by atoms with Crippen molar-refractivity contribution in [1.29, 1.82) is 0 Å². The highest BCUT2D eigenvalue weighted by Gasteiger charge is 2.17. The third kappa shape index (κ3) is 6.89. The zero-order chi connectivity index (χ0) is 18.3. The maximum atomic E-state index is 12.0. The summed E-state index contributed by atoms with van der Waals surface area (Å²) in [6, 6.07) is 7.67. The summed E-state index contributed by atoms with van der Waals surface area (Å²) < 4.78 is 5.31. The second-order valence-corrected chi connectivity index (χ2v) is 6.97. The van der Waals surface area contributed by atoms with Crippen molar-refractivity contribution in [3.05, 3.63) is 54.1 Å². The molecule has 2 heterocycles. The predicted octanol–water partition coefficient (Wildman–Crippen LogP) is 3.50. The molecule has 0 atom stereocenters. The van der Waals surface area contributed by atoms with Crippen molar-refractivity contribution in [2.75, 3.05) is 18.9 Å². The van der Waals surface area contributed by atoms with Gasteiger partial charge in [0.15, 0.2) is 0 Å². The van der Waals surface area contributed by atoms with Crippen LogP contribution in [0.25, 0.3) is 0 Å². The number of pyridine rings is 2. The zero-order valence-corrected chi connectivity index (χ0v) is 15.3. The highest BCUT2D eigenvalue weighted by Crippen LogP contribution is 2.16. The van der Waals surface area contributed by atoms with Gasteiger partial charge in [0, 0.05) is 31.7 Å². The molecule has 0 unspecified atom stereocenters. The highest BCUT2D eigenvalue weighted by atomic mass is 16.6. The standard InChI is InChI=1S/C19H26N4O2/c1-19(2,3)25-18(24)22-16-6-5-10-21-17(16)14-23(4)13-9-15-7-11-20-12-8-15/h5-8,10-12H,9,13-14H2,1-4H3,(H,22,24). The molecule has 6 heteroatoms. The molecule has 0 saturated heterocycles. The summed E-state index contributed by atoms with van der Waals surface area (Å²) in [6.45, 7) is 7.03. The monoisotopic (exact) mass is 342 g/mol. The van der Waals surface area contributed by atoms with E-state index >= 15 is 0 Å². The SMILES string of the molecule is CN(CCc1ccncc1)Cc1ncccc1NC(=O)OC(C)(C)C. The smallest absolute Gasteiger partial charge is 0.412 e. The molecule has 0 bridgehead atoms. The Morgan fingerprint density at radius 1 is 1.20 bits per heavy atom. The van der Waals surface area contributed by atoms with Gasteiger partial charge in [-0.05, 0) is 64.1 Å². The van der Waals surface area contributed by atoms with Gasteiger partial charge in [-0.15, -0.1) is 0 Å². The molecule has 2 aromatic rings. The third-order valence-electron chi connectivity index (χ3n) is 3.48. The fourth-order valence-corrected chi connectivity index (χ4v) is 2.30. The lowest BCUT2D eigenvalue weighted by Gasteiger charge is -2.21. The molecule has 0 aliphatic heterocycles. The van der Waals surface area contributed by atoms with Gasteiger partial charge in [0.25, 0.3) is 0 Å². The van der Waals surface area contributed by atoms with Gasteiger partial charge in [0.2, 0.25) is 0 Å². The number of likely N-dealkylation sites (N-methyl/N-ethyl adjacent to an activating group) is 1. The molecule has 25 heavy (non-hydrogen) atoms. The molecular weight excluding hydrogens is 316 g/mol. The minimum Gasteiger partial charge on any atom is -0.444 e. The summed E-state index contributed by atoms with van der Waals surface area (Å²) in [6.07, 6.45) is 5.79. The molecule has 134 valence electrons. The predicted molar refractivity (Wildman–Crippen MR) is 98.4 cm³/mol. The Morgan fingerprint density at radius 3 is 2.60 bits per heavy atom. The number of nitrogens with zero attached hydrogens (tertiary/aromatic N) is 3. The number of ether oxygens (including phenoxy) is 1. The van der Waals surface area contributed by atoms with Crippen LogP contribution in [0.4, 0.5) is 10.5 Å². The lowest BCUT2D eigenvalue weighted by atomic mass is 10.2. The maximum Gasteiger partial charge on any atom is 0.412 e. The topological polar surface area (TPSA) is 67.4 Å². The van der Waals surface area contributed by atoms with Gasteiger partial charge in [0.05, 0.1) is 11.4 Å². The second-order valence-electron chi connectivity index (χ2n) is 6.97. The number of carbonyl (C=O) groups is 1. The summed E-state index contributed by atoms with van der Waals surface area (Å²) in [5.41, 5.74) is 2.20. The number of aromatic nitrogens is 2. The van der Waals surface area contributed by atoms with Crippen LogP contribution in [0.2, 0.25) is 0 Å². The first-order valence-electron chi connectivity index (χ1n) is 8.35. The molecule has 0 aromatic carbocycles. The zero-order valence-electron chi connectivity index (χ0n) is 15.3. The Labute approximate surface area is 149 Å². The molecule has 0 aliphatic rings. The molecule has 0 radical (unpaired) electrons. The van der Waals surface area contributed by atoms with E-state index in [1.807, 2.05) is 46.0 Å². The van der Waals surface area contributed by atoms with Crippen LogP contribution in [0.1, 0.15) is 32.0 Å². The summed E-state index contributed by atoms with van der Waals surface area (Å²) in [7, 11) is 2.03. The Kier molecular flexibility index (Phi) is 6.47. The van der Waals surface area contributed by atoms with Gasteiger partial charge in [-0.2, -0.15) is 0 Å². The molecule has 2 rings (SSSR count). The Bertz CT molecular complexity index is 683. The van der Waals surface area contributed by atoms with Crippen molar-refractivity contribution in [3.63, 3.8) is 0 Å². The van der Waals surface area contributed by atoms with Crippen molar-refractivity contribution in [3.8, 4) is 0 Å². The first kappa shape index (κ1) is 18.9. The number of anilines is 1. The number of hydrogen-bond donors (Lipinski definition) is 1. The first-order valence-corrected chi connectivity index (χ1v) is 8.35. The van der Waals surface area contributed by atoms with E-state index in [9.17, 15) is 4.79 Å². The summed E-state index contributed by atoms with van der Waals surface area (Å²) >= 11 is 0. The van der Waals surface area contributed by atoms with Crippen LogP contribution in [-0.2, 0) is 17.7 Å². The van der Waals surface area contributed by atoms with E-state index in [0.717, 1.165) is 18.7 Å². The normalized spacial score (nSPS) is 11.4. The van der Waals surface area contributed by atoms with Gasteiger partial charge in [0.1, 0.15) is 5.60 Å². The Morgan fingerprint density at radius 2 is 1.92 bits per heavy atom. The molecule has 0 aliphatic carbocycles. The van der Waals surface area contributed by atoms with Crippen LogP contribution in [0, 0.1) is 0 Å². The van der Waals surface area contributed by atoms with E-state index in [4.69, 9.17) is 4.74 Å². The average Bonchev–Trinajstić information content (AvgIpc) is 2.54. The van der Waals surface area contributed by atoms with Gasteiger partial charge in [-0.25, -0.2) is 4.79 Å². The van der Waals surface area contributed by atoms with Crippen molar-refractivity contribution < 1.29 is 9.53 Å². The van der Waals surface area contributed by atoms with Crippen LogP contribution >= 0.6 is 0 Å². The van der Waals surface area contributed by atoms with Crippen molar-refractivity contribution in [2.45, 2.75) is 39.3 Å². The van der Waals surface area contributed by atoms with Gasteiger partial charge in [-0.3, -0.25) is 15.3 Å². The first-order chi connectivity index (χ1) is 11.8. The molecule has 0 spiro atoms. The average molecular weight is 342 g/mol. The number of hydrogen-bond acceptors (Lipinski definition) is 5. The number of carbonyl (C=O) groups excluding carboxylic acids is 1. The van der Waals surface area contributed by atoms with Crippen LogP contribution in [-0.4, -0.2) is 40.2 Å². The van der Waals surface area contributed by atoms with Crippen molar-refractivity contribution in [2.24, 2.45) is 0 Å².